The van der Waals surface area contributed by atoms with Crippen molar-refractivity contribution in [3.8, 4) is 11.9 Å². The maximum Gasteiger partial charge on any atom is 0.417 e. The molecule has 2 aromatic rings. The van der Waals surface area contributed by atoms with E-state index in [2.05, 4.69) is 16.4 Å². The Labute approximate surface area is 161 Å². The Kier molecular flexibility index (Phi) is 5.58. The first-order chi connectivity index (χ1) is 12.8. The molecule has 0 unspecified atom stereocenters. The maximum atomic E-state index is 12.6. The summed E-state index contributed by atoms with van der Waals surface area (Å²) in [6, 6.07) is 2.81. The molecule has 0 atom stereocenters. The highest BCUT2D eigenvalue weighted by molar-refractivity contribution is 7.16. The van der Waals surface area contributed by atoms with Crippen molar-refractivity contribution in [1.82, 2.24) is 4.98 Å². The monoisotopic (exact) mass is 415 g/mol. The molecule has 0 spiro atoms. The zero-order chi connectivity index (χ0) is 19.6. The number of carbonyl (C=O) groups is 1. The Balaban J connectivity index is 1.66. The van der Waals surface area contributed by atoms with Crippen LogP contribution in [0.25, 0.3) is 0 Å². The Hall–Kier alpha value is -2.31. The van der Waals surface area contributed by atoms with Gasteiger partial charge in [-0.1, -0.05) is 11.6 Å². The van der Waals surface area contributed by atoms with Crippen LogP contribution in [-0.4, -0.2) is 17.5 Å². The van der Waals surface area contributed by atoms with Gasteiger partial charge in [0.15, 0.2) is 6.61 Å². The van der Waals surface area contributed by atoms with E-state index in [0.29, 0.717) is 22.8 Å². The molecule has 1 N–H and O–H groups in total. The Bertz CT molecular complexity index is 921. The lowest BCUT2D eigenvalue weighted by Gasteiger charge is -2.10. The fourth-order valence-corrected chi connectivity index (χ4v) is 4.23. The number of carbonyl (C=O) groups excluding carboxylic acids is 1. The molecule has 1 aliphatic rings. The number of hydrogen-bond acceptors (Lipinski definition) is 5. The van der Waals surface area contributed by atoms with Crippen LogP contribution in [0.1, 0.15) is 34.4 Å². The third kappa shape index (κ3) is 4.34. The van der Waals surface area contributed by atoms with Crippen LogP contribution in [0, 0.1) is 11.3 Å². The number of ether oxygens (including phenoxy) is 1. The van der Waals surface area contributed by atoms with Gasteiger partial charge >= 0.3 is 6.18 Å². The van der Waals surface area contributed by atoms with E-state index in [9.17, 15) is 23.2 Å². The Morgan fingerprint density at radius 1 is 1.41 bits per heavy atom. The van der Waals surface area contributed by atoms with Crippen LogP contribution in [0.2, 0.25) is 5.02 Å². The first-order valence-electron chi connectivity index (χ1n) is 7.99. The predicted octanol–water partition coefficient (Wildman–Crippen LogP) is 4.58. The van der Waals surface area contributed by atoms with Crippen LogP contribution in [0.3, 0.4) is 0 Å². The summed E-state index contributed by atoms with van der Waals surface area (Å²) in [6.07, 6.45) is -0.239. The molecule has 1 amide bonds. The van der Waals surface area contributed by atoms with Crippen molar-refractivity contribution in [2.75, 3.05) is 11.9 Å². The van der Waals surface area contributed by atoms with Gasteiger partial charge in [-0.25, -0.2) is 4.98 Å². The predicted molar refractivity (Wildman–Crippen MR) is 94.0 cm³/mol. The van der Waals surface area contributed by atoms with Gasteiger partial charge in [0, 0.05) is 11.1 Å². The number of pyridine rings is 1. The van der Waals surface area contributed by atoms with Gasteiger partial charge in [0.2, 0.25) is 5.88 Å². The first-order valence-corrected chi connectivity index (χ1v) is 9.19. The molecule has 0 bridgehead atoms. The molecule has 1 aliphatic carbocycles. The molecule has 0 saturated carbocycles. The number of nitriles is 1. The standard InChI is InChI=1S/C17H13ClF3N3O2S/c18-12-5-9(17(19,20)21)7-23-15(12)26-8-14(25)24-16-11(6-22)10-3-1-2-4-13(10)27-16/h5,7H,1-4,8H2,(H,24,25). The number of anilines is 1. The number of aryl methyl sites for hydroxylation is 1. The number of fused-ring (bicyclic) bond motifs is 1. The van der Waals surface area contributed by atoms with Crippen molar-refractivity contribution in [3.63, 3.8) is 0 Å². The normalized spacial score (nSPS) is 13.6. The van der Waals surface area contributed by atoms with Gasteiger partial charge in [-0.2, -0.15) is 18.4 Å². The number of aromatic nitrogens is 1. The minimum absolute atomic E-state index is 0.272. The smallest absolute Gasteiger partial charge is 0.417 e. The molecule has 2 aromatic heterocycles. The highest BCUT2D eigenvalue weighted by Crippen LogP contribution is 2.37. The molecule has 5 nitrogen and oxygen atoms in total. The molecule has 0 aromatic carbocycles. The topological polar surface area (TPSA) is 75.0 Å². The van der Waals surface area contributed by atoms with Crippen molar-refractivity contribution in [1.29, 1.82) is 5.26 Å². The van der Waals surface area contributed by atoms with E-state index in [4.69, 9.17) is 16.3 Å². The summed E-state index contributed by atoms with van der Waals surface area (Å²) in [7, 11) is 0. The third-order valence-corrected chi connectivity index (χ3v) is 5.49. The molecule has 10 heteroatoms. The van der Waals surface area contributed by atoms with Gasteiger partial charge in [0.1, 0.15) is 16.1 Å². The van der Waals surface area contributed by atoms with Crippen molar-refractivity contribution < 1.29 is 22.7 Å². The van der Waals surface area contributed by atoms with Gasteiger partial charge in [0.25, 0.3) is 5.91 Å². The fourth-order valence-electron chi connectivity index (χ4n) is 2.76. The van der Waals surface area contributed by atoms with Gasteiger partial charge in [-0.15, -0.1) is 11.3 Å². The van der Waals surface area contributed by atoms with Crippen LogP contribution in [0.15, 0.2) is 12.3 Å². The molecular formula is C17H13ClF3N3O2S. The summed E-state index contributed by atoms with van der Waals surface area (Å²) in [5, 5.41) is 12.1. The van der Waals surface area contributed by atoms with Crippen LogP contribution in [-0.2, 0) is 23.8 Å². The summed E-state index contributed by atoms with van der Waals surface area (Å²) < 4.78 is 42.9. The van der Waals surface area contributed by atoms with Crippen LogP contribution in [0.4, 0.5) is 18.2 Å². The van der Waals surface area contributed by atoms with Gasteiger partial charge in [-0.3, -0.25) is 4.79 Å². The maximum absolute atomic E-state index is 12.6. The molecule has 0 aliphatic heterocycles. The van der Waals surface area contributed by atoms with Crippen LogP contribution in [0.5, 0.6) is 5.88 Å². The quantitative estimate of drug-likeness (QED) is 0.792. The summed E-state index contributed by atoms with van der Waals surface area (Å²) in [4.78, 5) is 16.7. The summed E-state index contributed by atoms with van der Waals surface area (Å²) in [6.45, 7) is -0.495. The lowest BCUT2D eigenvalue weighted by Crippen LogP contribution is -2.20. The van der Waals surface area contributed by atoms with Gasteiger partial charge < -0.3 is 10.1 Å². The zero-order valence-corrected chi connectivity index (χ0v) is 15.4. The van der Waals surface area contributed by atoms with Crippen molar-refractivity contribution in [2.24, 2.45) is 0 Å². The average molecular weight is 416 g/mol. The van der Waals surface area contributed by atoms with E-state index in [0.717, 1.165) is 36.1 Å². The van der Waals surface area contributed by atoms with Crippen molar-refractivity contribution >= 4 is 33.8 Å². The second-order valence-electron chi connectivity index (χ2n) is 5.87. The first kappa shape index (κ1) is 19.5. The Morgan fingerprint density at radius 3 is 2.81 bits per heavy atom. The van der Waals surface area contributed by atoms with E-state index < -0.39 is 24.3 Å². The number of amides is 1. The SMILES string of the molecule is N#Cc1c(NC(=O)COc2ncc(C(F)(F)F)cc2Cl)sc2c1CCCC2. The van der Waals surface area contributed by atoms with E-state index in [1.165, 1.54) is 11.3 Å². The molecule has 3 rings (SSSR count). The van der Waals surface area contributed by atoms with Gasteiger partial charge in [0.05, 0.1) is 11.1 Å². The lowest BCUT2D eigenvalue weighted by atomic mass is 9.96. The average Bonchev–Trinajstić information content (AvgIpc) is 2.96. The van der Waals surface area contributed by atoms with E-state index in [1.54, 1.807) is 0 Å². The second-order valence-corrected chi connectivity index (χ2v) is 7.38. The molecule has 142 valence electrons. The number of rotatable bonds is 4. The number of hydrogen-bond donors (Lipinski definition) is 1. The van der Waals surface area contributed by atoms with Crippen molar-refractivity contribution in [3.05, 3.63) is 38.9 Å². The molecule has 0 saturated heterocycles. The van der Waals surface area contributed by atoms with E-state index >= 15 is 0 Å². The summed E-state index contributed by atoms with van der Waals surface area (Å²) in [5.74, 6) is -0.825. The zero-order valence-electron chi connectivity index (χ0n) is 13.8. The number of thiophene rings is 1. The van der Waals surface area contributed by atoms with E-state index in [1.807, 2.05) is 0 Å². The molecular weight excluding hydrogens is 403 g/mol. The fraction of sp³-hybridized carbons (Fsp3) is 0.353. The summed E-state index contributed by atoms with van der Waals surface area (Å²) in [5.41, 5.74) is 0.443. The van der Waals surface area contributed by atoms with Crippen LogP contribution < -0.4 is 10.1 Å². The highest BCUT2D eigenvalue weighted by atomic mass is 35.5. The number of nitrogens with zero attached hydrogens (tertiary/aromatic N) is 2. The highest BCUT2D eigenvalue weighted by Gasteiger charge is 2.32. The molecule has 0 radical (unpaired) electrons. The second kappa shape index (κ2) is 7.74. The largest absolute Gasteiger partial charge is 0.466 e. The minimum atomic E-state index is -4.57. The van der Waals surface area contributed by atoms with E-state index in [-0.39, 0.29) is 10.9 Å². The molecule has 27 heavy (non-hydrogen) atoms. The molecule has 0 fully saturated rings. The number of nitrogens with one attached hydrogen (secondary N) is 1. The lowest BCUT2D eigenvalue weighted by molar-refractivity contribution is -0.137. The van der Waals surface area contributed by atoms with Crippen molar-refractivity contribution in [2.45, 2.75) is 31.9 Å². The Morgan fingerprint density at radius 2 is 2.15 bits per heavy atom. The summed E-state index contributed by atoms with van der Waals surface area (Å²) >= 11 is 7.10. The number of alkyl halides is 3. The number of halogens is 4. The minimum Gasteiger partial charge on any atom is -0.466 e. The van der Waals surface area contributed by atoms with Crippen LogP contribution >= 0.6 is 22.9 Å². The van der Waals surface area contributed by atoms with Gasteiger partial charge in [-0.05, 0) is 37.3 Å². The molecule has 2 heterocycles. The third-order valence-electron chi connectivity index (χ3n) is 4.01.